The average Bonchev–Trinajstić information content (AvgIpc) is 3.51. The van der Waals surface area contributed by atoms with E-state index in [0.29, 0.717) is 24.6 Å². The van der Waals surface area contributed by atoms with Gasteiger partial charge in [0.15, 0.2) is 0 Å². The topological polar surface area (TPSA) is 87.5 Å². The third-order valence-electron chi connectivity index (χ3n) is 6.41. The molecule has 8 nitrogen and oxygen atoms in total. The van der Waals surface area contributed by atoms with E-state index in [4.69, 9.17) is 26.9 Å². The summed E-state index contributed by atoms with van der Waals surface area (Å²) in [5, 5.41) is 1.58. The zero-order chi connectivity index (χ0) is 25.1. The van der Waals surface area contributed by atoms with Gasteiger partial charge in [-0.05, 0) is 54.3 Å². The summed E-state index contributed by atoms with van der Waals surface area (Å²) >= 11 is 6.27. The van der Waals surface area contributed by atoms with E-state index in [1.807, 2.05) is 47.2 Å². The predicted molar refractivity (Wildman–Crippen MR) is 135 cm³/mol. The van der Waals surface area contributed by atoms with Gasteiger partial charge < -0.3 is 19.9 Å². The Balaban J connectivity index is 1.42. The number of rotatable bonds is 8. The van der Waals surface area contributed by atoms with Gasteiger partial charge in [0.25, 0.3) is 0 Å². The number of ether oxygens (including phenoxy) is 2. The molecule has 0 saturated heterocycles. The number of carbonyl (C=O) groups excluding carboxylic acids is 1. The standard InChI is InChI=1S/C26H27ClFN5O3/c27-19-4-7-23-22(16-19)21-8-12-32(26(34)36-15-9-28)24(25(21)33(23)29)18-2-5-20(6-3-18)35-14-1-11-31-13-10-30-17-31/h2-7,10,13,16-17,24H,1,8-9,11-12,14-15,29H2. The van der Waals surface area contributed by atoms with Crippen molar-refractivity contribution in [3.05, 3.63) is 83.0 Å². The maximum Gasteiger partial charge on any atom is 0.410 e. The van der Waals surface area contributed by atoms with Crippen molar-refractivity contribution >= 4 is 28.6 Å². The molecule has 1 aliphatic heterocycles. The molecule has 0 radical (unpaired) electrons. The molecule has 1 unspecified atom stereocenters. The van der Waals surface area contributed by atoms with Crippen LogP contribution in [0.2, 0.25) is 5.02 Å². The molecule has 3 heterocycles. The summed E-state index contributed by atoms with van der Waals surface area (Å²) in [6.45, 7) is 0.759. The lowest BCUT2D eigenvalue weighted by atomic mass is 9.92. The van der Waals surface area contributed by atoms with Crippen LogP contribution < -0.4 is 10.6 Å². The largest absolute Gasteiger partial charge is 0.494 e. The maximum atomic E-state index is 12.9. The zero-order valence-corrected chi connectivity index (χ0v) is 20.4. The van der Waals surface area contributed by atoms with Crippen LogP contribution in [0.5, 0.6) is 5.75 Å². The molecule has 1 atom stereocenters. The van der Waals surface area contributed by atoms with Gasteiger partial charge in [-0.1, -0.05) is 23.7 Å². The number of hydrogen-bond donors (Lipinski definition) is 1. The van der Waals surface area contributed by atoms with Crippen LogP contribution in [0.15, 0.2) is 61.2 Å². The highest BCUT2D eigenvalue weighted by Crippen LogP contribution is 2.40. The Labute approximate surface area is 212 Å². The monoisotopic (exact) mass is 511 g/mol. The number of carbonyl (C=O) groups is 1. The van der Waals surface area contributed by atoms with Gasteiger partial charge in [-0.15, -0.1) is 0 Å². The van der Waals surface area contributed by atoms with Crippen LogP contribution in [0.3, 0.4) is 0 Å². The van der Waals surface area contributed by atoms with Crippen molar-refractivity contribution in [1.82, 2.24) is 19.1 Å². The van der Waals surface area contributed by atoms with E-state index in [1.165, 1.54) is 0 Å². The van der Waals surface area contributed by atoms with Crippen molar-refractivity contribution in [3.8, 4) is 5.75 Å². The first kappa shape index (κ1) is 24.0. The van der Waals surface area contributed by atoms with Crippen molar-refractivity contribution in [1.29, 1.82) is 0 Å². The van der Waals surface area contributed by atoms with Gasteiger partial charge in [0.2, 0.25) is 0 Å². The molecule has 188 valence electrons. The molecule has 5 rings (SSSR count). The lowest BCUT2D eigenvalue weighted by Crippen LogP contribution is -2.42. The summed E-state index contributed by atoms with van der Waals surface area (Å²) in [4.78, 5) is 18.5. The van der Waals surface area contributed by atoms with Crippen LogP contribution in [0.4, 0.5) is 9.18 Å². The number of imidazole rings is 1. The first-order valence-corrected chi connectivity index (χ1v) is 12.2. The highest BCUT2D eigenvalue weighted by atomic mass is 35.5. The second-order valence-electron chi connectivity index (χ2n) is 8.62. The number of hydrogen-bond acceptors (Lipinski definition) is 5. The Kier molecular flexibility index (Phi) is 6.99. The lowest BCUT2D eigenvalue weighted by molar-refractivity contribution is 0.0832. The number of aryl methyl sites for hydroxylation is 1. The fourth-order valence-corrected chi connectivity index (χ4v) is 4.96. The van der Waals surface area contributed by atoms with E-state index in [9.17, 15) is 9.18 Å². The number of fused-ring (bicyclic) bond motifs is 3. The highest BCUT2D eigenvalue weighted by molar-refractivity contribution is 6.31. The van der Waals surface area contributed by atoms with E-state index in [0.717, 1.165) is 46.4 Å². The van der Waals surface area contributed by atoms with Crippen molar-refractivity contribution in [2.24, 2.45) is 0 Å². The predicted octanol–water partition coefficient (Wildman–Crippen LogP) is 4.73. The van der Waals surface area contributed by atoms with Crippen LogP contribution >= 0.6 is 11.6 Å². The number of halogens is 2. The first-order valence-electron chi connectivity index (χ1n) is 11.8. The van der Waals surface area contributed by atoms with Crippen LogP contribution in [-0.4, -0.2) is 51.7 Å². The second-order valence-corrected chi connectivity index (χ2v) is 9.05. The maximum absolute atomic E-state index is 12.9. The SMILES string of the molecule is Nn1c2c(c3cc(Cl)ccc31)CCN(C(=O)OCCF)C2c1ccc(OCCCn2ccnc2)cc1. The first-order chi connectivity index (χ1) is 17.6. The molecular formula is C26H27ClFN5O3. The summed E-state index contributed by atoms with van der Waals surface area (Å²) < 4.78 is 27.4. The third-order valence-corrected chi connectivity index (χ3v) is 6.64. The zero-order valence-electron chi connectivity index (χ0n) is 19.6. The quantitative estimate of drug-likeness (QED) is 0.273. The highest BCUT2D eigenvalue weighted by Gasteiger charge is 2.37. The van der Waals surface area contributed by atoms with Gasteiger partial charge in [-0.25, -0.2) is 14.2 Å². The molecule has 2 aromatic heterocycles. The van der Waals surface area contributed by atoms with E-state index in [2.05, 4.69) is 4.98 Å². The molecular weight excluding hydrogens is 485 g/mol. The summed E-state index contributed by atoms with van der Waals surface area (Å²) in [5.74, 6) is 7.28. The van der Waals surface area contributed by atoms with Crippen molar-refractivity contribution in [2.75, 3.05) is 32.3 Å². The summed E-state index contributed by atoms with van der Waals surface area (Å²) in [5.41, 5.74) is 3.49. The number of nitrogens with two attached hydrogens (primary N) is 1. The Morgan fingerprint density at radius 3 is 2.78 bits per heavy atom. The Bertz CT molecular complexity index is 1340. The van der Waals surface area contributed by atoms with Crippen molar-refractivity contribution in [2.45, 2.75) is 25.4 Å². The molecule has 2 aromatic carbocycles. The summed E-state index contributed by atoms with van der Waals surface area (Å²) in [7, 11) is 0. The number of nitrogens with zero attached hydrogens (tertiary/aromatic N) is 4. The molecule has 36 heavy (non-hydrogen) atoms. The third kappa shape index (κ3) is 4.70. The van der Waals surface area contributed by atoms with Crippen molar-refractivity contribution in [3.63, 3.8) is 0 Å². The van der Waals surface area contributed by atoms with E-state index < -0.39 is 18.8 Å². The molecule has 1 amide bonds. The average molecular weight is 512 g/mol. The molecule has 0 fully saturated rings. The van der Waals surface area contributed by atoms with Gasteiger partial charge in [0.1, 0.15) is 25.1 Å². The molecule has 10 heteroatoms. The van der Waals surface area contributed by atoms with Gasteiger partial charge in [0, 0.05) is 35.9 Å². The fourth-order valence-electron chi connectivity index (χ4n) is 4.79. The molecule has 4 aromatic rings. The van der Waals surface area contributed by atoms with E-state index in [1.54, 1.807) is 28.2 Å². The normalized spacial score (nSPS) is 15.2. The number of amides is 1. The number of aromatic nitrogens is 3. The van der Waals surface area contributed by atoms with Gasteiger partial charge >= 0.3 is 6.09 Å². The molecule has 0 bridgehead atoms. The number of benzene rings is 2. The number of alkyl halides is 1. The smallest absolute Gasteiger partial charge is 0.410 e. The van der Waals surface area contributed by atoms with E-state index in [-0.39, 0.29) is 6.61 Å². The van der Waals surface area contributed by atoms with Crippen LogP contribution in [0.1, 0.15) is 29.3 Å². The summed E-state index contributed by atoms with van der Waals surface area (Å²) in [6.07, 6.45) is 6.29. The minimum Gasteiger partial charge on any atom is -0.494 e. The molecule has 2 N–H and O–H groups in total. The van der Waals surface area contributed by atoms with Crippen LogP contribution in [0, 0.1) is 0 Å². The second kappa shape index (κ2) is 10.5. The lowest BCUT2D eigenvalue weighted by Gasteiger charge is -2.36. The Morgan fingerprint density at radius 2 is 2.03 bits per heavy atom. The number of nitrogen functional groups attached to an aromatic ring is 1. The van der Waals surface area contributed by atoms with Gasteiger partial charge in [-0.3, -0.25) is 9.58 Å². The Hall–Kier alpha value is -3.72. The minimum atomic E-state index is -0.738. The van der Waals surface area contributed by atoms with Gasteiger partial charge in [0.05, 0.1) is 24.1 Å². The van der Waals surface area contributed by atoms with Gasteiger partial charge in [-0.2, -0.15) is 0 Å². The van der Waals surface area contributed by atoms with Crippen LogP contribution in [0.25, 0.3) is 10.9 Å². The Morgan fingerprint density at radius 1 is 1.19 bits per heavy atom. The minimum absolute atomic E-state index is 0.290. The fraction of sp³-hybridized carbons (Fsp3) is 0.308. The van der Waals surface area contributed by atoms with Crippen molar-refractivity contribution < 1.29 is 18.7 Å². The van der Waals surface area contributed by atoms with E-state index >= 15 is 0 Å². The molecule has 0 saturated carbocycles. The molecule has 0 spiro atoms. The molecule has 0 aliphatic carbocycles. The summed E-state index contributed by atoms with van der Waals surface area (Å²) in [6, 6.07) is 12.7. The van der Waals surface area contributed by atoms with Crippen LogP contribution in [-0.2, 0) is 17.7 Å². The molecule has 1 aliphatic rings.